The summed E-state index contributed by atoms with van der Waals surface area (Å²) < 4.78 is 1.02. The summed E-state index contributed by atoms with van der Waals surface area (Å²) in [5, 5.41) is 0. The normalized spacial score (nSPS) is 17.2. The van der Waals surface area contributed by atoms with E-state index in [1.165, 1.54) is 0 Å². The van der Waals surface area contributed by atoms with E-state index in [-0.39, 0.29) is 5.91 Å². The van der Waals surface area contributed by atoms with Gasteiger partial charge in [0.1, 0.15) is 0 Å². The fourth-order valence-electron chi connectivity index (χ4n) is 2.09. The van der Waals surface area contributed by atoms with Crippen LogP contribution in [0.5, 0.6) is 0 Å². The van der Waals surface area contributed by atoms with E-state index >= 15 is 0 Å². The fourth-order valence-corrected chi connectivity index (χ4v) is 2.97. The quantitative estimate of drug-likeness (QED) is 0.698. The molecule has 2 nitrogen and oxygen atoms in total. The van der Waals surface area contributed by atoms with Gasteiger partial charge in [-0.25, -0.2) is 0 Å². The first-order valence-corrected chi connectivity index (χ1v) is 7.48. The third kappa shape index (κ3) is 3.10. The number of nitrogens with zero attached hydrogens (tertiary/aromatic N) is 1. The predicted molar refractivity (Wildman–Crippen MR) is 76.7 cm³/mol. The molecule has 17 heavy (non-hydrogen) atoms. The first-order valence-electron chi connectivity index (χ1n) is 5.77. The van der Waals surface area contributed by atoms with Crippen LogP contribution in [0, 0.1) is 6.92 Å². The lowest BCUT2D eigenvalue weighted by Gasteiger charge is -2.30. The van der Waals surface area contributed by atoms with E-state index in [2.05, 4.69) is 31.9 Å². The Balaban J connectivity index is 2.14. The van der Waals surface area contributed by atoms with E-state index in [4.69, 9.17) is 0 Å². The van der Waals surface area contributed by atoms with E-state index in [0.29, 0.717) is 4.83 Å². The minimum absolute atomic E-state index is 0.161. The molecule has 1 aromatic rings. The van der Waals surface area contributed by atoms with Gasteiger partial charge in [-0.15, -0.1) is 0 Å². The molecular formula is C13H15Br2NO. The van der Waals surface area contributed by atoms with E-state index in [1.54, 1.807) is 0 Å². The number of alkyl halides is 1. The first-order chi connectivity index (χ1) is 8.08. The zero-order chi connectivity index (χ0) is 12.4. The molecule has 1 heterocycles. The van der Waals surface area contributed by atoms with Gasteiger partial charge in [-0.2, -0.15) is 0 Å². The van der Waals surface area contributed by atoms with E-state index in [1.807, 2.05) is 30.0 Å². The lowest BCUT2D eigenvalue weighted by molar-refractivity contribution is 0.0727. The van der Waals surface area contributed by atoms with Crippen molar-refractivity contribution < 1.29 is 4.79 Å². The molecule has 0 atom stereocenters. The van der Waals surface area contributed by atoms with Crippen molar-refractivity contribution in [2.75, 3.05) is 13.1 Å². The van der Waals surface area contributed by atoms with Gasteiger partial charge in [-0.05, 0) is 43.5 Å². The summed E-state index contributed by atoms with van der Waals surface area (Å²) in [7, 11) is 0. The SMILES string of the molecule is Cc1cc(Br)ccc1C(=O)N1CCC(Br)CC1. The Morgan fingerprint density at radius 3 is 2.59 bits per heavy atom. The summed E-state index contributed by atoms with van der Waals surface area (Å²) >= 11 is 7.02. The topological polar surface area (TPSA) is 20.3 Å². The number of carbonyl (C=O) groups excluding carboxylic acids is 1. The number of piperidine rings is 1. The lowest BCUT2D eigenvalue weighted by Crippen LogP contribution is -2.38. The summed E-state index contributed by atoms with van der Waals surface area (Å²) in [6.45, 7) is 3.68. The van der Waals surface area contributed by atoms with Gasteiger partial charge in [0, 0.05) is 28.0 Å². The smallest absolute Gasteiger partial charge is 0.254 e. The number of hydrogen-bond acceptors (Lipinski definition) is 1. The molecule has 1 aliphatic heterocycles. The van der Waals surface area contributed by atoms with Gasteiger partial charge < -0.3 is 4.90 Å². The summed E-state index contributed by atoms with van der Waals surface area (Å²) in [5.41, 5.74) is 1.85. The van der Waals surface area contributed by atoms with E-state index in [9.17, 15) is 4.79 Å². The Bertz CT molecular complexity index is 425. The van der Waals surface area contributed by atoms with Crippen LogP contribution in [0.4, 0.5) is 0 Å². The van der Waals surface area contributed by atoms with Crippen molar-refractivity contribution >= 4 is 37.8 Å². The molecule has 92 valence electrons. The largest absolute Gasteiger partial charge is 0.339 e. The number of rotatable bonds is 1. The lowest BCUT2D eigenvalue weighted by atomic mass is 10.1. The van der Waals surface area contributed by atoms with E-state index < -0.39 is 0 Å². The highest BCUT2D eigenvalue weighted by Crippen LogP contribution is 2.22. The molecule has 1 aliphatic rings. The third-order valence-corrected chi connectivity index (χ3v) is 4.54. The van der Waals surface area contributed by atoms with Crippen LogP contribution in [-0.4, -0.2) is 28.7 Å². The van der Waals surface area contributed by atoms with Gasteiger partial charge >= 0.3 is 0 Å². The van der Waals surface area contributed by atoms with E-state index in [0.717, 1.165) is 41.5 Å². The molecule has 1 amide bonds. The standard InChI is InChI=1S/C13H15Br2NO/c1-9-8-11(15)2-3-12(9)13(17)16-6-4-10(14)5-7-16/h2-3,8,10H,4-7H2,1H3. The Morgan fingerprint density at radius 2 is 2.00 bits per heavy atom. The number of carbonyl (C=O) groups is 1. The molecule has 0 bridgehead atoms. The third-order valence-electron chi connectivity index (χ3n) is 3.13. The van der Waals surface area contributed by atoms with Crippen LogP contribution in [0.1, 0.15) is 28.8 Å². The van der Waals surface area contributed by atoms with Crippen molar-refractivity contribution in [3.05, 3.63) is 33.8 Å². The van der Waals surface area contributed by atoms with Crippen LogP contribution in [0.15, 0.2) is 22.7 Å². The van der Waals surface area contributed by atoms with Gasteiger partial charge in [0.25, 0.3) is 5.91 Å². The molecule has 0 spiro atoms. The molecule has 1 fully saturated rings. The fraction of sp³-hybridized carbons (Fsp3) is 0.462. The number of benzene rings is 1. The molecule has 0 N–H and O–H groups in total. The van der Waals surface area contributed by atoms with Crippen LogP contribution in [0.25, 0.3) is 0 Å². The maximum absolute atomic E-state index is 12.3. The molecule has 0 radical (unpaired) electrons. The van der Waals surface area contributed by atoms with Crippen LogP contribution < -0.4 is 0 Å². The number of hydrogen-bond donors (Lipinski definition) is 0. The van der Waals surface area contributed by atoms with Crippen LogP contribution >= 0.6 is 31.9 Å². The highest BCUT2D eigenvalue weighted by molar-refractivity contribution is 9.10. The van der Waals surface area contributed by atoms with Crippen molar-refractivity contribution in [3.8, 4) is 0 Å². The van der Waals surface area contributed by atoms with Gasteiger partial charge in [0.2, 0.25) is 0 Å². The van der Waals surface area contributed by atoms with Crippen LogP contribution in [0.3, 0.4) is 0 Å². The minimum Gasteiger partial charge on any atom is -0.339 e. The predicted octanol–water partition coefficient (Wildman–Crippen LogP) is 3.76. The first kappa shape index (κ1) is 13.1. The highest BCUT2D eigenvalue weighted by Gasteiger charge is 2.22. The minimum atomic E-state index is 0.161. The summed E-state index contributed by atoms with van der Waals surface area (Å²) in [5.74, 6) is 0.161. The highest BCUT2D eigenvalue weighted by atomic mass is 79.9. The second-order valence-electron chi connectivity index (χ2n) is 4.43. The van der Waals surface area contributed by atoms with Crippen molar-refractivity contribution in [1.82, 2.24) is 4.90 Å². The zero-order valence-electron chi connectivity index (χ0n) is 9.75. The molecule has 1 saturated heterocycles. The summed E-state index contributed by atoms with van der Waals surface area (Å²) in [6.07, 6.45) is 2.09. The van der Waals surface area contributed by atoms with Crippen LogP contribution in [-0.2, 0) is 0 Å². The van der Waals surface area contributed by atoms with Gasteiger partial charge in [0.15, 0.2) is 0 Å². The van der Waals surface area contributed by atoms with Gasteiger partial charge in [-0.3, -0.25) is 4.79 Å². The summed E-state index contributed by atoms with van der Waals surface area (Å²) in [4.78, 5) is 14.9. The number of likely N-dealkylation sites (tertiary alicyclic amines) is 1. The van der Waals surface area contributed by atoms with Gasteiger partial charge in [0.05, 0.1) is 0 Å². The molecule has 2 rings (SSSR count). The van der Waals surface area contributed by atoms with Crippen molar-refractivity contribution in [2.24, 2.45) is 0 Å². The zero-order valence-corrected chi connectivity index (χ0v) is 12.9. The molecule has 0 aliphatic carbocycles. The second kappa shape index (κ2) is 5.53. The summed E-state index contributed by atoms with van der Waals surface area (Å²) in [6, 6.07) is 5.82. The van der Waals surface area contributed by atoms with Crippen LogP contribution in [0.2, 0.25) is 0 Å². The Kier molecular flexibility index (Phi) is 4.26. The molecule has 0 unspecified atom stereocenters. The Hall–Kier alpha value is -0.350. The number of aryl methyl sites for hydroxylation is 1. The number of halogens is 2. The molecular weight excluding hydrogens is 346 g/mol. The van der Waals surface area contributed by atoms with Gasteiger partial charge in [-0.1, -0.05) is 31.9 Å². The molecule has 1 aromatic carbocycles. The Labute approximate surface area is 119 Å². The maximum Gasteiger partial charge on any atom is 0.254 e. The molecule has 4 heteroatoms. The molecule has 0 aromatic heterocycles. The average molecular weight is 361 g/mol. The monoisotopic (exact) mass is 359 g/mol. The average Bonchev–Trinajstić information content (AvgIpc) is 2.29. The number of amides is 1. The molecule has 0 saturated carbocycles. The Morgan fingerprint density at radius 1 is 1.35 bits per heavy atom. The van der Waals surface area contributed by atoms with Crippen molar-refractivity contribution in [3.63, 3.8) is 0 Å². The van der Waals surface area contributed by atoms with Crippen molar-refractivity contribution in [2.45, 2.75) is 24.6 Å². The maximum atomic E-state index is 12.3. The second-order valence-corrected chi connectivity index (χ2v) is 6.64. The van der Waals surface area contributed by atoms with Crippen molar-refractivity contribution in [1.29, 1.82) is 0 Å².